The lowest BCUT2D eigenvalue weighted by molar-refractivity contribution is -0.117. The first-order valence-electron chi connectivity index (χ1n) is 12.5. The van der Waals surface area contributed by atoms with Crippen LogP contribution in [0.1, 0.15) is 44.7 Å². The number of hydrogen-bond acceptors (Lipinski definition) is 3. The monoisotopic (exact) mass is 479 g/mol. The van der Waals surface area contributed by atoms with E-state index in [9.17, 15) is 14.7 Å². The molecule has 1 unspecified atom stereocenters. The number of nitrogens with two attached hydrogens (primary N) is 1. The fourth-order valence-corrected chi connectivity index (χ4v) is 6.04. The molecule has 36 heavy (non-hydrogen) atoms. The number of fused-ring (bicyclic) bond motifs is 4. The predicted molar refractivity (Wildman–Crippen MR) is 141 cm³/mol. The Labute approximate surface area is 209 Å². The third-order valence-electron chi connectivity index (χ3n) is 7.86. The lowest BCUT2D eigenvalue weighted by Crippen LogP contribution is -2.24. The van der Waals surface area contributed by atoms with Gasteiger partial charge in [-0.1, -0.05) is 42.5 Å². The number of nitrogens with one attached hydrogen (secondary N) is 1. The molecular weight excluding hydrogens is 450 g/mol. The largest absolute Gasteiger partial charge is 0.396 e. The summed E-state index contributed by atoms with van der Waals surface area (Å²) >= 11 is 0. The van der Waals surface area contributed by atoms with E-state index in [2.05, 4.69) is 24.0 Å². The van der Waals surface area contributed by atoms with E-state index in [1.807, 2.05) is 47.4 Å². The van der Waals surface area contributed by atoms with Gasteiger partial charge in [-0.15, -0.1) is 0 Å². The third-order valence-corrected chi connectivity index (χ3v) is 7.86. The van der Waals surface area contributed by atoms with Crippen molar-refractivity contribution in [3.63, 3.8) is 0 Å². The number of aliphatic hydroxyl groups excluding tert-OH is 1. The quantitative estimate of drug-likeness (QED) is 0.395. The van der Waals surface area contributed by atoms with Crippen molar-refractivity contribution in [2.45, 2.75) is 39.2 Å². The highest BCUT2D eigenvalue weighted by molar-refractivity contribution is 6.11. The van der Waals surface area contributed by atoms with Gasteiger partial charge in [-0.05, 0) is 77.6 Å². The Hall–Kier alpha value is -3.90. The molecule has 3 aromatic carbocycles. The molecule has 4 N–H and O–H groups in total. The summed E-state index contributed by atoms with van der Waals surface area (Å²) in [7, 11) is 0. The van der Waals surface area contributed by atoms with Crippen molar-refractivity contribution >= 4 is 28.4 Å². The Bertz CT molecular complexity index is 1530. The third kappa shape index (κ3) is 3.52. The van der Waals surface area contributed by atoms with E-state index >= 15 is 0 Å². The summed E-state index contributed by atoms with van der Waals surface area (Å²) in [6, 6.07) is 18.0. The first-order valence-corrected chi connectivity index (χ1v) is 12.5. The van der Waals surface area contributed by atoms with E-state index in [1.165, 1.54) is 5.56 Å². The van der Waals surface area contributed by atoms with Gasteiger partial charge in [0.05, 0.1) is 18.5 Å². The van der Waals surface area contributed by atoms with Crippen molar-refractivity contribution in [1.82, 2.24) is 4.98 Å². The number of aryl methyl sites for hydroxylation is 1. The number of primary amides is 1. The van der Waals surface area contributed by atoms with Gasteiger partial charge in [-0.25, -0.2) is 0 Å². The van der Waals surface area contributed by atoms with Gasteiger partial charge in [0.1, 0.15) is 0 Å². The zero-order valence-electron chi connectivity index (χ0n) is 20.3. The highest BCUT2D eigenvalue weighted by Gasteiger charge is 2.30. The van der Waals surface area contributed by atoms with Crippen molar-refractivity contribution in [3.8, 4) is 11.1 Å². The van der Waals surface area contributed by atoms with Gasteiger partial charge in [0, 0.05) is 28.9 Å². The second-order valence-corrected chi connectivity index (χ2v) is 10.0. The summed E-state index contributed by atoms with van der Waals surface area (Å²) in [6.07, 6.45) is 2.75. The molecule has 0 spiro atoms. The number of anilines is 1. The summed E-state index contributed by atoms with van der Waals surface area (Å²) < 4.78 is 0. The molecule has 0 fully saturated rings. The minimum atomic E-state index is -0.366. The minimum Gasteiger partial charge on any atom is -0.396 e. The highest BCUT2D eigenvalue weighted by atomic mass is 16.3. The van der Waals surface area contributed by atoms with Crippen LogP contribution in [0.15, 0.2) is 54.6 Å². The minimum absolute atomic E-state index is 0.0295. The van der Waals surface area contributed by atoms with Crippen molar-refractivity contribution in [2.24, 2.45) is 11.7 Å². The predicted octanol–water partition coefficient (Wildman–Crippen LogP) is 4.43. The first kappa shape index (κ1) is 22.6. The van der Waals surface area contributed by atoms with Gasteiger partial charge in [0.2, 0.25) is 5.91 Å². The Balaban J connectivity index is 1.51. The van der Waals surface area contributed by atoms with Crippen LogP contribution in [-0.2, 0) is 30.6 Å². The number of benzene rings is 3. The van der Waals surface area contributed by atoms with E-state index in [0.29, 0.717) is 6.54 Å². The van der Waals surface area contributed by atoms with Crippen LogP contribution in [0.2, 0.25) is 0 Å². The molecule has 6 heteroatoms. The van der Waals surface area contributed by atoms with Crippen LogP contribution in [0, 0.1) is 12.8 Å². The zero-order chi connectivity index (χ0) is 25.0. The number of carbonyl (C=O) groups excluding carboxylic acids is 2. The van der Waals surface area contributed by atoms with E-state index in [1.54, 1.807) is 0 Å². The summed E-state index contributed by atoms with van der Waals surface area (Å²) in [5.41, 5.74) is 15.7. The van der Waals surface area contributed by atoms with Crippen LogP contribution in [-0.4, -0.2) is 28.5 Å². The Kier molecular flexibility index (Phi) is 5.41. The molecule has 0 radical (unpaired) electrons. The molecule has 2 amide bonds. The molecule has 1 atom stereocenters. The normalized spacial score (nSPS) is 16.9. The average molecular weight is 480 g/mol. The lowest BCUT2D eigenvalue weighted by atomic mass is 9.85. The topological polar surface area (TPSA) is 99.4 Å². The van der Waals surface area contributed by atoms with E-state index in [-0.39, 0.29) is 30.8 Å². The molecule has 2 heterocycles. The number of amides is 2. The van der Waals surface area contributed by atoms with E-state index in [4.69, 9.17) is 5.73 Å². The number of aromatic nitrogens is 1. The SMILES string of the molecule is Cc1c(-c2ccc(CC(N)=O)c3[nH]c4c(c23)CCC(CO)C4)cccc1N1Cc2ccccc2C1=O. The lowest BCUT2D eigenvalue weighted by Gasteiger charge is -2.22. The van der Waals surface area contributed by atoms with Crippen LogP contribution in [0.3, 0.4) is 0 Å². The molecule has 1 aliphatic heterocycles. The Morgan fingerprint density at radius 2 is 1.89 bits per heavy atom. The van der Waals surface area contributed by atoms with Crippen molar-refractivity contribution < 1.29 is 14.7 Å². The van der Waals surface area contributed by atoms with Crippen LogP contribution in [0.25, 0.3) is 22.0 Å². The molecule has 6 rings (SSSR count). The fourth-order valence-electron chi connectivity index (χ4n) is 6.04. The van der Waals surface area contributed by atoms with Crippen LogP contribution in [0.5, 0.6) is 0 Å². The second-order valence-electron chi connectivity index (χ2n) is 10.0. The van der Waals surface area contributed by atoms with Gasteiger partial charge in [0.15, 0.2) is 0 Å². The molecule has 182 valence electrons. The number of aromatic amines is 1. The summed E-state index contributed by atoms with van der Waals surface area (Å²) in [4.78, 5) is 30.5. The molecule has 0 bridgehead atoms. The van der Waals surface area contributed by atoms with E-state index < -0.39 is 0 Å². The molecule has 6 nitrogen and oxygen atoms in total. The van der Waals surface area contributed by atoms with Gasteiger partial charge in [-0.3, -0.25) is 9.59 Å². The first-order chi connectivity index (χ1) is 17.5. The summed E-state index contributed by atoms with van der Waals surface area (Å²) in [5.74, 6) is -0.0986. The van der Waals surface area contributed by atoms with Crippen molar-refractivity contribution in [2.75, 3.05) is 11.5 Å². The fraction of sp³-hybridized carbons (Fsp3) is 0.267. The summed E-state index contributed by atoms with van der Waals surface area (Å²) in [5, 5.41) is 10.9. The molecule has 0 saturated heterocycles. The number of aliphatic hydroxyl groups is 1. The number of hydrogen-bond donors (Lipinski definition) is 3. The summed E-state index contributed by atoms with van der Waals surface area (Å²) in [6.45, 7) is 2.81. The van der Waals surface area contributed by atoms with Crippen molar-refractivity contribution in [1.29, 1.82) is 0 Å². The molecule has 4 aromatic rings. The van der Waals surface area contributed by atoms with Gasteiger partial charge < -0.3 is 20.7 Å². The molecular formula is C30H29N3O3. The maximum absolute atomic E-state index is 13.2. The standard InChI is InChI=1S/C30H29N3O3/c1-17-21(7-4-8-26(17)33-15-20-5-2-3-6-22(20)30(33)36)23-12-10-19(14-27(31)35)29-28(23)24-11-9-18(16-34)13-25(24)32-29/h2-8,10,12,18,32,34H,9,11,13-16H2,1H3,(H2,31,35). The maximum atomic E-state index is 13.2. The molecule has 2 aliphatic rings. The van der Waals surface area contributed by atoms with E-state index in [0.717, 1.165) is 74.9 Å². The van der Waals surface area contributed by atoms with Crippen LogP contribution in [0.4, 0.5) is 5.69 Å². The Morgan fingerprint density at radius 1 is 1.08 bits per heavy atom. The molecule has 1 aliphatic carbocycles. The van der Waals surface area contributed by atoms with Crippen molar-refractivity contribution in [3.05, 3.63) is 88.1 Å². The highest BCUT2D eigenvalue weighted by Crippen LogP contribution is 2.42. The van der Waals surface area contributed by atoms with Crippen LogP contribution >= 0.6 is 0 Å². The Morgan fingerprint density at radius 3 is 2.67 bits per heavy atom. The molecule has 0 saturated carbocycles. The zero-order valence-corrected chi connectivity index (χ0v) is 20.3. The second kappa shape index (κ2) is 8.64. The molecule has 1 aromatic heterocycles. The number of H-pyrrole nitrogens is 1. The van der Waals surface area contributed by atoms with Gasteiger partial charge in [0.25, 0.3) is 5.91 Å². The van der Waals surface area contributed by atoms with Crippen LogP contribution < -0.4 is 10.6 Å². The van der Waals surface area contributed by atoms with Gasteiger partial charge >= 0.3 is 0 Å². The average Bonchev–Trinajstić information content (AvgIpc) is 3.42. The number of nitrogens with zero attached hydrogens (tertiary/aromatic N) is 1. The maximum Gasteiger partial charge on any atom is 0.258 e. The smallest absolute Gasteiger partial charge is 0.258 e. The number of carbonyl (C=O) groups is 2. The number of rotatable bonds is 5. The van der Waals surface area contributed by atoms with Gasteiger partial charge in [-0.2, -0.15) is 0 Å².